The molecule has 92 valence electrons. The van der Waals surface area contributed by atoms with Crippen LogP contribution in [0.1, 0.15) is 31.8 Å². The number of carboxylic acids is 1. The second kappa shape index (κ2) is 5.45. The Bertz CT molecular complexity index is 455. The second-order valence-electron chi connectivity index (χ2n) is 3.80. The molecule has 0 spiro atoms. The van der Waals surface area contributed by atoms with Crippen molar-refractivity contribution in [1.82, 2.24) is 5.32 Å². The molecule has 0 saturated carbocycles. The van der Waals surface area contributed by atoms with Crippen LogP contribution in [-0.2, 0) is 0 Å². The quantitative estimate of drug-likeness (QED) is 0.717. The van der Waals surface area contributed by atoms with E-state index in [0.29, 0.717) is 24.2 Å². The normalized spacial score (nSPS) is 10.1. The number of nitrogens with one attached hydrogen (secondary N) is 1. The number of benzene rings is 1. The van der Waals surface area contributed by atoms with Gasteiger partial charge in [0.2, 0.25) is 0 Å². The number of aryl methyl sites for hydroxylation is 2. The van der Waals surface area contributed by atoms with E-state index in [9.17, 15) is 9.59 Å². The number of carbonyl (C=O) groups excluding carboxylic acids is 1. The number of nitrogens with two attached hydrogens (primary N) is 1. The van der Waals surface area contributed by atoms with Crippen molar-refractivity contribution in [2.45, 2.75) is 13.8 Å². The zero-order chi connectivity index (χ0) is 13.0. The van der Waals surface area contributed by atoms with Crippen molar-refractivity contribution in [3.63, 3.8) is 0 Å². The molecule has 0 aliphatic heterocycles. The molecule has 1 aromatic carbocycles. The number of rotatable bonds is 4. The Labute approximate surface area is 99.6 Å². The Balaban J connectivity index is 3.25. The molecule has 0 unspecified atom stereocenters. The van der Waals surface area contributed by atoms with E-state index in [4.69, 9.17) is 10.8 Å². The maximum Gasteiger partial charge on any atom is 0.336 e. The van der Waals surface area contributed by atoms with E-state index in [1.54, 1.807) is 26.0 Å². The van der Waals surface area contributed by atoms with E-state index in [-0.39, 0.29) is 11.1 Å². The first-order valence-corrected chi connectivity index (χ1v) is 5.30. The van der Waals surface area contributed by atoms with Crippen LogP contribution in [0.15, 0.2) is 12.1 Å². The van der Waals surface area contributed by atoms with Gasteiger partial charge in [0.25, 0.3) is 5.91 Å². The topological polar surface area (TPSA) is 92.4 Å². The van der Waals surface area contributed by atoms with E-state index in [2.05, 4.69) is 5.32 Å². The van der Waals surface area contributed by atoms with Crippen LogP contribution in [0.3, 0.4) is 0 Å². The number of hydrogen-bond acceptors (Lipinski definition) is 3. The second-order valence-corrected chi connectivity index (χ2v) is 3.80. The molecular weight excluding hydrogens is 220 g/mol. The van der Waals surface area contributed by atoms with Crippen LogP contribution in [-0.4, -0.2) is 30.1 Å². The molecule has 0 aromatic heterocycles. The highest BCUT2D eigenvalue weighted by Crippen LogP contribution is 2.18. The van der Waals surface area contributed by atoms with Crippen molar-refractivity contribution in [2.24, 2.45) is 5.73 Å². The fourth-order valence-corrected chi connectivity index (χ4v) is 1.65. The van der Waals surface area contributed by atoms with E-state index in [1.807, 2.05) is 0 Å². The largest absolute Gasteiger partial charge is 0.478 e. The van der Waals surface area contributed by atoms with Gasteiger partial charge in [-0.15, -0.1) is 0 Å². The lowest BCUT2D eigenvalue weighted by Gasteiger charge is -2.12. The van der Waals surface area contributed by atoms with Crippen molar-refractivity contribution in [3.05, 3.63) is 34.4 Å². The summed E-state index contributed by atoms with van der Waals surface area (Å²) in [6.07, 6.45) is 0. The van der Waals surface area contributed by atoms with Gasteiger partial charge < -0.3 is 16.2 Å². The molecule has 0 fully saturated rings. The molecule has 0 saturated heterocycles. The SMILES string of the molecule is Cc1ccc(C)c(C(=O)NCCN)c1C(=O)O. The number of amides is 1. The van der Waals surface area contributed by atoms with Crippen LogP contribution in [0.5, 0.6) is 0 Å². The summed E-state index contributed by atoms with van der Waals surface area (Å²) in [6.45, 7) is 4.02. The third-order valence-corrected chi connectivity index (χ3v) is 2.49. The summed E-state index contributed by atoms with van der Waals surface area (Å²) in [5.74, 6) is -1.49. The summed E-state index contributed by atoms with van der Waals surface area (Å²) < 4.78 is 0. The predicted octanol–water partition coefficient (Wildman–Crippen LogP) is 0.690. The lowest BCUT2D eigenvalue weighted by atomic mass is 9.96. The maximum atomic E-state index is 11.9. The van der Waals surface area contributed by atoms with Gasteiger partial charge in [-0.05, 0) is 25.0 Å². The Kier molecular flexibility index (Phi) is 4.23. The van der Waals surface area contributed by atoms with Crippen LogP contribution in [0.2, 0.25) is 0 Å². The molecular formula is C12H16N2O3. The van der Waals surface area contributed by atoms with Gasteiger partial charge in [-0.25, -0.2) is 4.79 Å². The molecule has 5 nitrogen and oxygen atoms in total. The fraction of sp³-hybridized carbons (Fsp3) is 0.333. The highest BCUT2D eigenvalue weighted by Gasteiger charge is 2.20. The van der Waals surface area contributed by atoms with E-state index in [0.717, 1.165) is 0 Å². The number of hydrogen-bond donors (Lipinski definition) is 3. The number of carbonyl (C=O) groups is 2. The first kappa shape index (κ1) is 13.2. The van der Waals surface area contributed by atoms with Gasteiger partial charge in [-0.1, -0.05) is 12.1 Å². The fourth-order valence-electron chi connectivity index (χ4n) is 1.65. The third-order valence-electron chi connectivity index (χ3n) is 2.49. The Morgan fingerprint density at radius 1 is 1.24 bits per heavy atom. The summed E-state index contributed by atoms with van der Waals surface area (Å²) in [6, 6.07) is 3.43. The third kappa shape index (κ3) is 2.82. The van der Waals surface area contributed by atoms with E-state index in [1.165, 1.54) is 0 Å². The minimum Gasteiger partial charge on any atom is -0.478 e. The molecule has 17 heavy (non-hydrogen) atoms. The molecule has 4 N–H and O–H groups in total. The zero-order valence-corrected chi connectivity index (χ0v) is 9.91. The molecule has 0 bridgehead atoms. The Morgan fingerprint density at radius 2 is 1.76 bits per heavy atom. The highest BCUT2D eigenvalue weighted by atomic mass is 16.4. The van der Waals surface area contributed by atoms with Gasteiger partial charge in [0.05, 0.1) is 11.1 Å². The lowest BCUT2D eigenvalue weighted by molar-refractivity contribution is 0.0690. The molecule has 0 aliphatic carbocycles. The van der Waals surface area contributed by atoms with Gasteiger partial charge in [0.15, 0.2) is 0 Å². The summed E-state index contributed by atoms with van der Waals surface area (Å²) >= 11 is 0. The van der Waals surface area contributed by atoms with Gasteiger partial charge in [-0.3, -0.25) is 4.79 Å². The van der Waals surface area contributed by atoms with Crippen molar-refractivity contribution >= 4 is 11.9 Å². The van der Waals surface area contributed by atoms with Gasteiger partial charge in [0, 0.05) is 13.1 Å². The summed E-state index contributed by atoms with van der Waals surface area (Å²) in [5.41, 5.74) is 6.77. The van der Waals surface area contributed by atoms with Crippen LogP contribution < -0.4 is 11.1 Å². The average molecular weight is 236 g/mol. The minimum absolute atomic E-state index is 0.0551. The number of carboxylic acid groups (broad SMARTS) is 1. The van der Waals surface area contributed by atoms with Crippen LogP contribution >= 0.6 is 0 Å². The van der Waals surface area contributed by atoms with Crippen molar-refractivity contribution in [3.8, 4) is 0 Å². The Hall–Kier alpha value is -1.88. The monoisotopic (exact) mass is 236 g/mol. The molecule has 0 radical (unpaired) electrons. The van der Waals surface area contributed by atoms with E-state index >= 15 is 0 Å². The van der Waals surface area contributed by atoms with Gasteiger partial charge in [0.1, 0.15) is 0 Å². The van der Waals surface area contributed by atoms with Crippen molar-refractivity contribution in [2.75, 3.05) is 13.1 Å². The average Bonchev–Trinajstić information content (AvgIpc) is 2.28. The molecule has 0 atom stereocenters. The molecule has 0 heterocycles. The minimum atomic E-state index is -1.09. The van der Waals surface area contributed by atoms with E-state index < -0.39 is 11.9 Å². The molecule has 5 heteroatoms. The van der Waals surface area contributed by atoms with Gasteiger partial charge in [-0.2, -0.15) is 0 Å². The predicted molar refractivity (Wildman–Crippen MR) is 64.3 cm³/mol. The van der Waals surface area contributed by atoms with Crippen LogP contribution in [0.25, 0.3) is 0 Å². The smallest absolute Gasteiger partial charge is 0.336 e. The standard InChI is InChI=1S/C12H16N2O3/c1-7-3-4-8(2)10(12(16)17)9(7)11(15)14-6-5-13/h3-4H,5-6,13H2,1-2H3,(H,14,15)(H,16,17). The van der Waals surface area contributed by atoms with Crippen molar-refractivity contribution in [1.29, 1.82) is 0 Å². The maximum absolute atomic E-state index is 11.9. The zero-order valence-electron chi connectivity index (χ0n) is 9.91. The summed E-state index contributed by atoms with van der Waals surface area (Å²) in [4.78, 5) is 23.0. The van der Waals surface area contributed by atoms with Crippen molar-refractivity contribution < 1.29 is 14.7 Å². The lowest BCUT2D eigenvalue weighted by Crippen LogP contribution is -2.31. The molecule has 1 rings (SSSR count). The number of aromatic carboxylic acids is 1. The molecule has 0 aliphatic rings. The van der Waals surface area contributed by atoms with Crippen LogP contribution in [0.4, 0.5) is 0 Å². The van der Waals surface area contributed by atoms with Gasteiger partial charge >= 0.3 is 5.97 Å². The summed E-state index contributed by atoms with van der Waals surface area (Å²) in [5, 5.41) is 11.7. The first-order valence-electron chi connectivity index (χ1n) is 5.30. The van der Waals surface area contributed by atoms with Crippen LogP contribution in [0, 0.1) is 13.8 Å². The molecule has 1 aromatic rings. The summed E-state index contributed by atoms with van der Waals surface area (Å²) in [7, 11) is 0. The first-order chi connectivity index (χ1) is 7.99. The highest BCUT2D eigenvalue weighted by molar-refractivity contribution is 6.06. The Morgan fingerprint density at radius 3 is 2.24 bits per heavy atom. The molecule has 1 amide bonds.